The van der Waals surface area contributed by atoms with Crippen molar-refractivity contribution in [2.45, 2.75) is 31.3 Å². The highest BCUT2D eigenvalue weighted by atomic mass is 16.5. The van der Waals surface area contributed by atoms with Gasteiger partial charge < -0.3 is 14.5 Å². The van der Waals surface area contributed by atoms with Gasteiger partial charge in [0.15, 0.2) is 5.41 Å². The van der Waals surface area contributed by atoms with Crippen molar-refractivity contribution in [2.24, 2.45) is 11.3 Å². The van der Waals surface area contributed by atoms with Gasteiger partial charge in [0.1, 0.15) is 5.76 Å². The predicted octanol–water partition coefficient (Wildman–Crippen LogP) is 2.66. The largest absolute Gasteiger partial charge is 0.463 e. The molecule has 0 saturated carbocycles. The van der Waals surface area contributed by atoms with Crippen molar-refractivity contribution in [3.63, 3.8) is 0 Å². The number of fused-ring (bicyclic) bond motifs is 2. The molecule has 0 radical (unpaired) electrons. The first-order valence-electron chi connectivity index (χ1n) is 8.40. The van der Waals surface area contributed by atoms with E-state index in [1.54, 1.807) is 6.07 Å². The first-order valence-corrected chi connectivity index (χ1v) is 8.40. The maximum Gasteiger partial charge on any atom is 0.373 e. The Bertz CT molecular complexity index is 863. The van der Waals surface area contributed by atoms with E-state index in [2.05, 4.69) is 34.5 Å². The number of esters is 1. The van der Waals surface area contributed by atoms with Gasteiger partial charge in [-0.3, -0.25) is 0 Å². The summed E-state index contributed by atoms with van der Waals surface area (Å²) in [5, 5.41) is 23.3. The molecular formula is C20H19N3O3. The first-order chi connectivity index (χ1) is 12.6. The number of carbonyl (C=O) groups is 1. The van der Waals surface area contributed by atoms with Crippen molar-refractivity contribution in [1.29, 1.82) is 10.5 Å². The summed E-state index contributed by atoms with van der Waals surface area (Å²) in [7, 11) is 1.27. The lowest BCUT2D eigenvalue weighted by molar-refractivity contribution is 0.0562. The standard InChI is InChI=1S/C20H19N3O3/c1-3-4-15-16(9-13-5-7-17(15)23-13)20(11-21,12-22)10-14-6-8-18(26-14)19(24)25-2/h4,6,8-9,13,15,17,23H,1,5,7,10H2,2H3/t13?,15-,17+/m1/s1. The fourth-order valence-corrected chi connectivity index (χ4v) is 3.80. The summed E-state index contributed by atoms with van der Waals surface area (Å²) in [6.45, 7) is 3.65. The number of methoxy groups -OCH3 is 1. The molecule has 132 valence electrons. The van der Waals surface area contributed by atoms with Gasteiger partial charge >= 0.3 is 5.97 Å². The van der Waals surface area contributed by atoms with Crippen LogP contribution in [0.15, 0.2) is 46.6 Å². The molecule has 3 heterocycles. The lowest BCUT2D eigenvalue weighted by Gasteiger charge is -2.34. The smallest absolute Gasteiger partial charge is 0.373 e. The van der Waals surface area contributed by atoms with Crippen LogP contribution in [0, 0.1) is 34.0 Å². The molecule has 1 N–H and O–H groups in total. The van der Waals surface area contributed by atoms with E-state index in [-0.39, 0.29) is 30.2 Å². The maximum atomic E-state index is 11.6. The van der Waals surface area contributed by atoms with Crippen LogP contribution in [0.25, 0.3) is 0 Å². The monoisotopic (exact) mass is 349 g/mol. The minimum Gasteiger partial charge on any atom is -0.463 e. The number of hydrogen-bond acceptors (Lipinski definition) is 6. The van der Waals surface area contributed by atoms with Crippen molar-refractivity contribution in [1.82, 2.24) is 5.32 Å². The minimum absolute atomic E-state index is 0.0502. The molecule has 1 aromatic rings. The van der Waals surface area contributed by atoms with Gasteiger partial charge in [0.25, 0.3) is 0 Å². The Morgan fingerprint density at radius 2 is 2.23 bits per heavy atom. The number of nitriles is 2. The van der Waals surface area contributed by atoms with Gasteiger partial charge in [-0.05, 0) is 36.6 Å². The minimum atomic E-state index is -1.38. The highest BCUT2D eigenvalue weighted by Gasteiger charge is 2.46. The summed E-state index contributed by atoms with van der Waals surface area (Å²) < 4.78 is 10.1. The molecule has 1 unspecified atom stereocenters. The summed E-state index contributed by atoms with van der Waals surface area (Å²) in [6.07, 6.45) is 5.79. The maximum absolute atomic E-state index is 11.6. The van der Waals surface area contributed by atoms with Crippen LogP contribution in [-0.4, -0.2) is 25.2 Å². The Morgan fingerprint density at radius 3 is 2.88 bits per heavy atom. The van der Waals surface area contributed by atoms with Crippen molar-refractivity contribution < 1.29 is 13.9 Å². The Hall–Kier alpha value is -3.05. The molecule has 0 aromatic carbocycles. The predicted molar refractivity (Wildman–Crippen MR) is 92.6 cm³/mol. The van der Waals surface area contributed by atoms with Crippen molar-refractivity contribution >= 4 is 5.97 Å². The topological polar surface area (TPSA) is 99.1 Å². The molecular weight excluding hydrogens is 330 g/mol. The average molecular weight is 349 g/mol. The molecule has 2 aliphatic rings. The summed E-state index contributed by atoms with van der Waals surface area (Å²) in [5.41, 5.74) is 2.17. The third kappa shape index (κ3) is 2.97. The summed E-state index contributed by atoms with van der Waals surface area (Å²) in [4.78, 5) is 11.6. The zero-order valence-electron chi connectivity index (χ0n) is 14.5. The second-order valence-corrected chi connectivity index (χ2v) is 6.54. The van der Waals surface area contributed by atoms with E-state index >= 15 is 0 Å². The van der Waals surface area contributed by atoms with Crippen LogP contribution in [0.4, 0.5) is 0 Å². The van der Waals surface area contributed by atoms with Gasteiger partial charge in [-0.1, -0.05) is 12.7 Å². The molecule has 0 amide bonds. The second-order valence-electron chi connectivity index (χ2n) is 6.54. The van der Waals surface area contributed by atoms with Gasteiger partial charge in [0, 0.05) is 24.4 Å². The molecule has 1 fully saturated rings. The fraction of sp³-hybridized carbons (Fsp3) is 0.400. The molecule has 6 nitrogen and oxygen atoms in total. The normalized spacial score (nSPS) is 24.0. The van der Waals surface area contributed by atoms with Crippen LogP contribution in [0.3, 0.4) is 0 Å². The SMILES string of the molecule is C=C=C[C@@H]1C(C(C#N)(C#N)Cc2ccc(C(=O)OC)o2)=CC2CC[C@@H]1N2. The van der Waals surface area contributed by atoms with Gasteiger partial charge in [-0.25, -0.2) is 4.79 Å². The van der Waals surface area contributed by atoms with Crippen LogP contribution in [-0.2, 0) is 11.2 Å². The third-order valence-electron chi connectivity index (χ3n) is 5.05. The van der Waals surface area contributed by atoms with Crippen molar-refractivity contribution in [3.8, 4) is 12.1 Å². The molecule has 3 rings (SSSR count). The number of ether oxygens (including phenoxy) is 1. The van der Waals surface area contributed by atoms with Crippen LogP contribution < -0.4 is 5.32 Å². The zero-order valence-corrected chi connectivity index (χ0v) is 14.5. The summed E-state index contributed by atoms with van der Waals surface area (Å²) >= 11 is 0. The lowest BCUT2D eigenvalue weighted by atomic mass is 9.70. The zero-order chi connectivity index (χ0) is 18.7. The van der Waals surface area contributed by atoms with Gasteiger partial charge in [-0.15, -0.1) is 5.73 Å². The van der Waals surface area contributed by atoms with E-state index in [4.69, 9.17) is 4.42 Å². The van der Waals surface area contributed by atoms with E-state index in [9.17, 15) is 15.3 Å². The molecule has 3 atom stereocenters. The van der Waals surface area contributed by atoms with Crippen LogP contribution in [0.1, 0.15) is 29.2 Å². The van der Waals surface area contributed by atoms with Crippen molar-refractivity contribution in [3.05, 3.63) is 53.7 Å². The molecule has 6 heteroatoms. The number of hydrogen-bond donors (Lipinski definition) is 1. The molecule has 0 aliphatic carbocycles. The van der Waals surface area contributed by atoms with Crippen LogP contribution in [0.5, 0.6) is 0 Å². The summed E-state index contributed by atoms with van der Waals surface area (Å²) in [6, 6.07) is 7.80. The number of nitrogens with zero attached hydrogens (tertiary/aromatic N) is 2. The third-order valence-corrected chi connectivity index (χ3v) is 5.05. The number of carbonyl (C=O) groups excluding carboxylic acids is 1. The number of furan rings is 1. The molecule has 2 aliphatic heterocycles. The van der Waals surface area contributed by atoms with Crippen molar-refractivity contribution in [2.75, 3.05) is 7.11 Å². The molecule has 0 spiro atoms. The second kappa shape index (κ2) is 7.06. The van der Waals surface area contributed by atoms with Crippen LogP contribution in [0.2, 0.25) is 0 Å². The van der Waals surface area contributed by atoms with Gasteiger partial charge in [0.05, 0.1) is 19.2 Å². The van der Waals surface area contributed by atoms with Gasteiger partial charge in [0.2, 0.25) is 5.76 Å². The van der Waals surface area contributed by atoms with E-state index in [0.717, 1.165) is 18.4 Å². The highest BCUT2D eigenvalue weighted by molar-refractivity contribution is 5.86. The number of nitrogens with one attached hydrogen (secondary N) is 1. The Kier molecular flexibility index (Phi) is 4.82. The lowest BCUT2D eigenvalue weighted by Crippen LogP contribution is -2.43. The van der Waals surface area contributed by atoms with E-state index in [1.165, 1.54) is 13.2 Å². The van der Waals surface area contributed by atoms with E-state index < -0.39 is 11.4 Å². The Labute approximate surface area is 152 Å². The molecule has 2 bridgehead atoms. The number of rotatable bonds is 5. The van der Waals surface area contributed by atoms with Gasteiger partial charge in [-0.2, -0.15) is 10.5 Å². The quantitative estimate of drug-likeness (QED) is 0.498. The van der Waals surface area contributed by atoms with Crippen LogP contribution >= 0.6 is 0 Å². The Balaban J connectivity index is 1.98. The fourth-order valence-electron chi connectivity index (χ4n) is 3.80. The summed E-state index contributed by atoms with van der Waals surface area (Å²) in [5.74, 6) is -0.279. The molecule has 1 saturated heterocycles. The molecule has 26 heavy (non-hydrogen) atoms. The van der Waals surface area contributed by atoms with E-state index in [0.29, 0.717) is 5.76 Å². The molecule has 1 aromatic heterocycles. The average Bonchev–Trinajstić information content (AvgIpc) is 3.29. The highest BCUT2D eigenvalue weighted by Crippen LogP contribution is 2.43. The Morgan fingerprint density at radius 1 is 1.46 bits per heavy atom. The van der Waals surface area contributed by atoms with E-state index in [1.807, 2.05) is 12.2 Å². The first kappa shape index (κ1) is 17.8.